The number of amides is 5. The zero-order valence-electron chi connectivity index (χ0n) is 29.3. The number of carbonyl (C=O) groups excluding carboxylic acids is 5. The fourth-order valence-electron chi connectivity index (χ4n) is 7.34. The van der Waals surface area contributed by atoms with Gasteiger partial charge in [-0.1, -0.05) is 58.8 Å². The molecule has 6 atom stereocenters. The number of nitrogens with one attached hydrogen (secondary N) is 4. The van der Waals surface area contributed by atoms with E-state index < -0.39 is 59.9 Å². The molecule has 2 aliphatic carbocycles. The highest BCUT2D eigenvalue weighted by Gasteiger charge is 2.39. The minimum absolute atomic E-state index is 0.0944. The third-order valence-electron chi connectivity index (χ3n) is 10.3. The maximum absolute atomic E-state index is 14.1. The Morgan fingerprint density at radius 2 is 1.49 bits per heavy atom. The van der Waals surface area contributed by atoms with Crippen molar-refractivity contribution in [3.8, 4) is 0 Å². The SMILES string of the molecule is CC(C)C[C@H]1C(=O)N[C@@H](C2CCCCC2)C(=O)N[C@@H](CN)C(=O)N[C@@H]([C@H](C)O)C(=O)NCCN(CCC2CCCC2)[C@@H](C)C(=O)N1C. The maximum Gasteiger partial charge on any atom is 0.245 e. The molecule has 1 aliphatic heterocycles. The van der Waals surface area contributed by atoms with Gasteiger partial charge >= 0.3 is 0 Å². The highest BCUT2D eigenvalue weighted by Crippen LogP contribution is 2.29. The summed E-state index contributed by atoms with van der Waals surface area (Å²) in [5.41, 5.74) is 5.92. The number of nitrogens with zero attached hydrogens (tertiary/aromatic N) is 2. The van der Waals surface area contributed by atoms with Gasteiger partial charge < -0.3 is 37.0 Å². The molecule has 47 heavy (non-hydrogen) atoms. The third kappa shape index (κ3) is 11.1. The predicted octanol–water partition coefficient (Wildman–Crippen LogP) is 0.634. The van der Waals surface area contributed by atoms with E-state index in [0.717, 1.165) is 38.5 Å². The largest absolute Gasteiger partial charge is 0.391 e. The van der Waals surface area contributed by atoms with Gasteiger partial charge in [-0.25, -0.2) is 0 Å². The van der Waals surface area contributed by atoms with E-state index in [9.17, 15) is 29.1 Å². The maximum atomic E-state index is 14.1. The molecular weight excluding hydrogens is 602 g/mol. The van der Waals surface area contributed by atoms with Gasteiger partial charge in [0.2, 0.25) is 29.5 Å². The van der Waals surface area contributed by atoms with Crippen molar-refractivity contribution in [2.45, 2.75) is 135 Å². The molecule has 268 valence electrons. The molecule has 7 N–H and O–H groups in total. The van der Waals surface area contributed by atoms with Crippen LogP contribution in [0, 0.1) is 17.8 Å². The second-order valence-corrected chi connectivity index (χ2v) is 14.4. The fraction of sp³-hybridized carbons (Fsp3) is 0.853. The van der Waals surface area contributed by atoms with Crippen LogP contribution in [0.15, 0.2) is 0 Å². The highest BCUT2D eigenvalue weighted by molar-refractivity contribution is 5.96. The van der Waals surface area contributed by atoms with Crippen LogP contribution in [-0.4, -0.2) is 114 Å². The molecule has 3 fully saturated rings. The summed E-state index contributed by atoms with van der Waals surface area (Å²) in [5, 5.41) is 21.5. The van der Waals surface area contributed by atoms with E-state index in [-0.39, 0.29) is 30.8 Å². The third-order valence-corrected chi connectivity index (χ3v) is 10.3. The standard InChI is InChI=1S/C34H61N7O6/c1-21(2)19-27-31(44)39-29(25-13-7-6-8-14-25)33(46)37-26(20-35)30(43)38-28(23(4)42)32(45)36-16-18-41(22(3)34(47)40(27)5)17-15-24-11-9-10-12-24/h21-29,42H,6-20,35H2,1-5H3,(H,36,45)(H,37,46)(H,38,43)(H,39,44)/t22-,23-,26-,27-,28-,29-/m0/s1. The molecule has 0 aromatic carbocycles. The van der Waals surface area contributed by atoms with Crippen LogP contribution in [0.1, 0.15) is 98.3 Å². The van der Waals surface area contributed by atoms with Gasteiger partial charge in [-0.2, -0.15) is 0 Å². The van der Waals surface area contributed by atoms with Crippen molar-refractivity contribution in [1.82, 2.24) is 31.1 Å². The molecule has 0 bridgehead atoms. The lowest BCUT2D eigenvalue weighted by molar-refractivity contribution is -0.144. The van der Waals surface area contributed by atoms with E-state index in [2.05, 4.69) is 21.3 Å². The number of carbonyl (C=O) groups is 5. The average Bonchev–Trinajstić information content (AvgIpc) is 3.57. The average molecular weight is 664 g/mol. The fourth-order valence-corrected chi connectivity index (χ4v) is 7.34. The van der Waals surface area contributed by atoms with Crippen LogP contribution in [0.2, 0.25) is 0 Å². The zero-order chi connectivity index (χ0) is 34.7. The summed E-state index contributed by atoms with van der Waals surface area (Å²) >= 11 is 0. The van der Waals surface area contributed by atoms with Crippen molar-refractivity contribution in [1.29, 1.82) is 0 Å². The first-order chi connectivity index (χ1) is 22.3. The second-order valence-electron chi connectivity index (χ2n) is 14.4. The first-order valence-corrected chi connectivity index (χ1v) is 17.9. The minimum atomic E-state index is -1.28. The van der Waals surface area contributed by atoms with Crippen LogP contribution in [0.3, 0.4) is 0 Å². The molecule has 0 aromatic rings. The molecule has 3 rings (SSSR count). The molecule has 0 unspecified atom stereocenters. The number of likely N-dealkylation sites (N-methyl/N-ethyl adjacent to an activating group) is 1. The normalized spacial score (nSPS) is 29.9. The van der Waals surface area contributed by atoms with Crippen molar-refractivity contribution in [3.63, 3.8) is 0 Å². The lowest BCUT2D eigenvalue weighted by atomic mass is 9.83. The van der Waals surface area contributed by atoms with Crippen LogP contribution in [0.5, 0.6) is 0 Å². The number of aliphatic hydroxyl groups is 1. The highest BCUT2D eigenvalue weighted by atomic mass is 16.3. The molecule has 0 aromatic heterocycles. The van der Waals surface area contributed by atoms with E-state index in [0.29, 0.717) is 25.4 Å². The van der Waals surface area contributed by atoms with Gasteiger partial charge in [0.05, 0.1) is 12.1 Å². The zero-order valence-corrected chi connectivity index (χ0v) is 29.3. The Balaban J connectivity index is 1.98. The lowest BCUT2D eigenvalue weighted by Gasteiger charge is -2.37. The molecule has 3 aliphatic rings. The summed E-state index contributed by atoms with van der Waals surface area (Å²) in [6.07, 6.45) is 9.20. The van der Waals surface area contributed by atoms with E-state index in [1.165, 1.54) is 37.5 Å². The number of aliphatic hydroxyl groups excluding tert-OH is 1. The predicted molar refractivity (Wildman–Crippen MR) is 180 cm³/mol. The van der Waals surface area contributed by atoms with Gasteiger partial charge in [0.15, 0.2) is 0 Å². The van der Waals surface area contributed by atoms with Gasteiger partial charge in [0, 0.05) is 26.7 Å². The van der Waals surface area contributed by atoms with E-state index in [1.807, 2.05) is 25.7 Å². The molecule has 5 amide bonds. The Labute approximate surface area is 280 Å². The summed E-state index contributed by atoms with van der Waals surface area (Å²) in [7, 11) is 1.65. The summed E-state index contributed by atoms with van der Waals surface area (Å²) in [6, 6.07) is -4.79. The number of hydrogen-bond donors (Lipinski definition) is 6. The first-order valence-electron chi connectivity index (χ1n) is 17.9. The Morgan fingerprint density at radius 1 is 0.851 bits per heavy atom. The number of hydrogen-bond acceptors (Lipinski definition) is 8. The van der Waals surface area contributed by atoms with Crippen molar-refractivity contribution >= 4 is 29.5 Å². The van der Waals surface area contributed by atoms with Crippen LogP contribution < -0.4 is 27.0 Å². The van der Waals surface area contributed by atoms with Gasteiger partial charge in [0.25, 0.3) is 0 Å². The van der Waals surface area contributed by atoms with Crippen molar-refractivity contribution in [2.24, 2.45) is 23.5 Å². The Hall–Kier alpha value is -2.77. The molecule has 1 saturated heterocycles. The van der Waals surface area contributed by atoms with Crippen LogP contribution in [0.4, 0.5) is 0 Å². The summed E-state index contributed by atoms with van der Waals surface area (Å²) in [5.74, 6) is -1.90. The quantitative estimate of drug-likeness (QED) is 0.218. The summed E-state index contributed by atoms with van der Waals surface area (Å²) in [4.78, 5) is 72.1. The minimum Gasteiger partial charge on any atom is -0.391 e. The lowest BCUT2D eigenvalue weighted by Crippen LogP contribution is -2.63. The van der Waals surface area contributed by atoms with Gasteiger partial charge in [0.1, 0.15) is 24.2 Å². The topological polar surface area (TPSA) is 186 Å². The van der Waals surface area contributed by atoms with E-state index in [1.54, 1.807) is 7.05 Å². The molecule has 1 heterocycles. The van der Waals surface area contributed by atoms with Gasteiger partial charge in [-0.15, -0.1) is 0 Å². The smallest absolute Gasteiger partial charge is 0.245 e. The van der Waals surface area contributed by atoms with E-state index in [4.69, 9.17) is 5.73 Å². The molecular formula is C34H61N7O6. The van der Waals surface area contributed by atoms with E-state index >= 15 is 0 Å². The van der Waals surface area contributed by atoms with Crippen molar-refractivity contribution in [2.75, 3.05) is 33.2 Å². The van der Waals surface area contributed by atoms with Gasteiger partial charge in [-0.3, -0.25) is 28.9 Å². The molecule has 0 radical (unpaired) electrons. The number of rotatable bonds is 8. The molecule has 2 saturated carbocycles. The molecule has 0 spiro atoms. The van der Waals surface area contributed by atoms with Crippen molar-refractivity contribution in [3.05, 3.63) is 0 Å². The van der Waals surface area contributed by atoms with Crippen LogP contribution in [-0.2, 0) is 24.0 Å². The Bertz CT molecular complexity index is 1060. The summed E-state index contributed by atoms with van der Waals surface area (Å²) in [6.45, 7) is 8.17. The monoisotopic (exact) mass is 663 g/mol. The summed E-state index contributed by atoms with van der Waals surface area (Å²) < 4.78 is 0. The number of nitrogens with two attached hydrogens (primary N) is 1. The van der Waals surface area contributed by atoms with Crippen LogP contribution in [0.25, 0.3) is 0 Å². The van der Waals surface area contributed by atoms with Crippen molar-refractivity contribution < 1.29 is 29.1 Å². The first kappa shape index (κ1) is 38.7. The van der Waals surface area contributed by atoms with Crippen LogP contribution >= 0.6 is 0 Å². The Morgan fingerprint density at radius 3 is 2.09 bits per heavy atom. The van der Waals surface area contributed by atoms with Gasteiger partial charge in [-0.05, 0) is 63.8 Å². The Kier molecular flexibility index (Phi) is 15.4. The molecule has 13 nitrogen and oxygen atoms in total. The molecule has 13 heteroatoms. The second kappa shape index (κ2) is 18.7.